The number of ether oxygens (including phenoxy) is 2. The van der Waals surface area contributed by atoms with E-state index in [4.69, 9.17) is 9.47 Å². The van der Waals surface area contributed by atoms with E-state index < -0.39 is 0 Å². The van der Waals surface area contributed by atoms with Crippen molar-refractivity contribution in [1.82, 2.24) is 10.2 Å². The predicted molar refractivity (Wildman–Crippen MR) is 90.9 cm³/mol. The average molecular weight is 334 g/mol. The lowest BCUT2D eigenvalue weighted by Crippen LogP contribution is -2.43. The zero-order chi connectivity index (χ0) is 17.4. The van der Waals surface area contributed by atoms with E-state index >= 15 is 0 Å². The number of carbonyl (C=O) groups is 2. The van der Waals surface area contributed by atoms with Crippen LogP contribution >= 0.6 is 0 Å². The minimum absolute atomic E-state index is 0.0152. The van der Waals surface area contributed by atoms with Crippen molar-refractivity contribution in [2.75, 3.05) is 40.4 Å². The fourth-order valence-electron chi connectivity index (χ4n) is 3.00. The van der Waals surface area contributed by atoms with Gasteiger partial charge >= 0.3 is 5.97 Å². The first-order valence-corrected chi connectivity index (χ1v) is 8.32. The van der Waals surface area contributed by atoms with Gasteiger partial charge in [0.05, 0.1) is 26.7 Å². The number of rotatable bonds is 7. The molecule has 0 aliphatic carbocycles. The molecular weight excluding hydrogens is 308 g/mol. The molecule has 0 atom stereocenters. The Labute approximate surface area is 143 Å². The molecule has 132 valence electrons. The van der Waals surface area contributed by atoms with Crippen molar-refractivity contribution in [3.05, 3.63) is 29.8 Å². The Morgan fingerprint density at radius 2 is 1.92 bits per heavy atom. The number of esters is 1. The van der Waals surface area contributed by atoms with Gasteiger partial charge in [0.25, 0.3) is 0 Å². The molecule has 1 heterocycles. The molecule has 1 fully saturated rings. The predicted octanol–water partition coefficient (Wildman–Crippen LogP) is 1.24. The van der Waals surface area contributed by atoms with Crippen LogP contribution in [0.15, 0.2) is 24.3 Å². The van der Waals surface area contributed by atoms with Gasteiger partial charge in [-0.2, -0.15) is 0 Å². The lowest BCUT2D eigenvalue weighted by molar-refractivity contribution is -0.147. The number of likely N-dealkylation sites (tertiary alicyclic amines) is 1. The molecule has 0 aromatic heterocycles. The summed E-state index contributed by atoms with van der Waals surface area (Å²) in [5, 5.41) is 2.95. The van der Waals surface area contributed by atoms with E-state index in [1.54, 1.807) is 7.11 Å². The highest BCUT2D eigenvalue weighted by Gasteiger charge is 2.26. The molecule has 6 nitrogen and oxygen atoms in total. The van der Waals surface area contributed by atoms with Crippen molar-refractivity contribution < 1.29 is 19.1 Å². The van der Waals surface area contributed by atoms with Crippen molar-refractivity contribution >= 4 is 11.9 Å². The van der Waals surface area contributed by atoms with Gasteiger partial charge in [-0.3, -0.25) is 14.5 Å². The summed E-state index contributed by atoms with van der Waals surface area (Å²) in [6.45, 7) is 2.46. The van der Waals surface area contributed by atoms with Crippen LogP contribution in [0.1, 0.15) is 18.4 Å². The Kier molecular flexibility index (Phi) is 7.06. The quantitative estimate of drug-likeness (QED) is 0.760. The number of carbonyl (C=O) groups excluding carboxylic acids is 2. The first-order chi connectivity index (χ1) is 11.6. The standard InChI is InChI=1S/C18H26N2O4/c1-23-16-6-4-3-5-14(16)7-10-19-17(21)13-20-11-8-15(9-12-20)18(22)24-2/h3-6,15H,7-13H2,1-2H3,(H,19,21). The van der Waals surface area contributed by atoms with Gasteiger partial charge in [-0.25, -0.2) is 0 Å². The molecule has 1 aliphatic rings. The molecule has 1 aromatic rings. The molecule has 0 spiro atoms. The van der Waals surface area contributed by atoms with Crippen LogP contribution in [0.2, 0.25) is 0 Å². The summed E-state index contributed by atoms with van der Waals surface area (Å²) >= 11 is 0. The van der Waals surface area contributed by atoms with Gasteiger partial charge in [0, 0.05) is 6.54 Å². The highest BCUT2D eigenvalue weighted by Crippen LogP contribution is 2.18. The highest BCUT2D eigenvalue weighted by molar-refractivity contribution is 5.78. The number of piperidine rings is 1. The molecule has 1 aliphatic heterocycles. The summed E-state index contributed by atoms with van der Waals surface area (Å²) in [6.07, 6.45) is 2.24. The summed E-state index contributed by atoms with van der Waals surface area (Å²) in [5.41, 5.74) is 1.08. The molecule has 0 radical (unpaired) electrons. The van der Waals surface area contributed by atoms with Crippen LogP contribution in [0, 0.1) is 5.92 Å². The maximum atomic E-state index is 12.1. The summed E-state index contributed by atoms with van der Waals surface area (Å²) in [5.74, 6) is 0.689. The molecule has 1 aromatic carbocycles. The smallest absolute Gasteiger partial charge is 0.308 e. The van der Waals surface area contributed by atoms with E-state index in [2.05, 4.69) is 10.2 Å². The highest BCUT2D eigenvalue weighted by atomic mass is 16.5. The Morgan fingerprint density at radius 1 is 1.21 bits per heavy atom. The molecule has 6 heteroatoms. The van der Waals surface area contributed by atoms with Gasteiger partial charge in [0.15, 0.2) is 0 Å². The molecule has 1 N–H and O–H groups in total. The number of para-hydroxylation sites is 1. The van der Waals surface area contributed by atoms with Gasteiger partial charge in [-0.05, 0) is 44.0 Å². The Bertz CT molecular complexity index is 554. The minimum atomic E-state index is -0.143. The molecular formula is C18H26N2O4. The average Bonchev–Trinajstić information content (AvgIpc) is 2.62. The number of nitrogens with one attached hydrogen (secondary N) is 1. The van der Waals surface area contributed by atoms with Crippen LogP contribution in [0.5, 0.6) is 5.75 Å². The zero-order valence-electron chi connectivity index (χ0n) is 14.4. The number of hydrogen-bond acceptors (Lipinski definition) is 5. The lowest BCUT2D eigenvalue weighted by atomic mass is 9.97. The maximum absolute atomic E-state index is 12.1. The van der Waals surface area contributed by atoms with Crippen molar-refractivity contribution in [3.63, 3.8) is 0 Å². The molecule has 1 amide bonds. The number of methoxy groups -OCH3 is 2. The summed E-state index contributed by atoms with van der Waals surface area (Å²) < 4.78 is 10.1. The molecule has 1 saturated heterocycles. The van der Waals surface area contributed by atoms with E-state index in [9.17, 15) is 9.59 Å². The van der Waals surface area contributed by atoms with Crippen LogP contribution in [-0.4, -0.2) is 57.2 Å². The molecule has 24 heavy (non-hydrogen) atoms. The van der Waals surface area contributed by atoms with E-state index in [1.165, 1.54) is 7.11 Å². The van der Waals surface area contributed by atoms with Gasteiger partial charge in [0.1, 0.15) is 5.75 Å². The largest absolute Gasteiger partial charge is 0.496 e. The van der Waals surface area contributed by atoms with Crippen molar-refractivity contribution in [2.24, 2.45) is 5.92 Å². The fraction of sp³-hybridized carbons (Fsp3) is 0.556. The summed E-state index contributed by atoms with van der Waals surface area (Å²) in [4.78, 5) is 25.6. The van der Waals surface area contributed by atoms with Crippen LogP contribution in [-0.2, 0) is 20.7 Å². The van der Waals surface area contributed by atoms with Crippen LogP contribution < -0.4 is 10.1 Å². The fourth-order valence-corrected chi connectivity index (χ4v) is 3.00. The first-order valence-electron chi connectivity index (χ1n) is 8.32. The van der Waals surface area contributed by atoms with Gasteiger partial charge < -0.3 is 14.8 Å². The molecule has 0 unspecified atom stereocenters. The second-order valence-electron chi connectivity index (χ2n) is 5.99. The van der Waals surface area contributed by atoms with Crippen LogP contribution in [0.25, 0.3) is 0 Å². The van der Waals surface area contributed by atoms with E-state index in [0.717, 1.165) is 43.7 Å². The van der Waals surface area contributed by atoms with Gasteiger partial charge in [-0.15, -0.1) is 0 Å². The van der Waals surface area contributed by atoms with Crippen LogP contribution in [0.3, 0.4) is 0 Å². The first kappa shape index (κ1) is 18.3. The Morgan fingerprint density at radius 3 is 2.58 bits per heavy atom. The number of nitrogens with zero attached hydrogens (tertiary/aromatic N) is 1. The lowest BCUT2D eigenvalue weighted by Gasteiger charge is -2.29. The third-order valence-electron chi connectivity index (χ3n) is 4.40. The minimum Gasteiger partial charge on any atom is -0.496 e. The van der Waals surface area contributed by atoms with E-state index in [1.807, 2.05) is 24.3 Å². The van der Waals surface area contributed by atoms with E-state index in [0.29, 0.717) is 13.1 Å². The molecule has 0 saturated carbocycles. The normalized spacial score (nSPS) is 15.8. The second-order valence-corrected chi connectivity index (χ2v) is 5.99. The number of amides is 1. The Hall–Kier alpha value is -2.08. The SMILES string of the molecule is COC(=O)C1CCN(CC(=O)NCCc2ccccc2OC)CC1. The van der Waals surface area contributed by atoms with Crippen molar-refractivity contribution in [2.45, 2.75) is 19.3 Å². The second kappa shape index (κ2) is 9.27. The number of benzene rings is 1. The summed E-state index contributed by atoms with van der Waals surface area (Å²) in [6, 6.07) is 7.81. The van der Waals surface area contributed by atoms with Gasteiger partial charge in [0.2, 0.25) is 5.91 Å². The van der Waals surface area contributed by atoms with Gasteiger partial charge in [-0.1, -0.05) is 18.2 Å². The third kappa shape index (κ3) is 5.23. The monoisotopic (exact) mass is 334 g/mol. The molecule has 2 rings (SSSR count). The molecule has 0 bridgehead atoms. The topological polar surface area (TPSA) is 67.9 Å². The van der Waals surface area contributed by atoms with E-state index in [-0.39, 0.29) is 17.8 Å². The van der Waals surface area contributed by atoms with Crippen LogP contribution in [0.4, 0.5) is 0 Å². The maximum Gasteiger partial charge on any atom is 0.308 e. The zero-order valence-corrected chi connectivity index (χ0v) is 14.4. The number of hydrogen-bond donors (Lipinski definition) is 1. The van der Waals surface area contributed by atoms with Crippen molar-refractivity contribution in [3.8, 4) is 5.75 Å². The third-order valence-corrected chi connectivity index (χ3v) is 4.40. The Balaban J connectivity index is 1.68. The van der Waals surface area contributed by atoms with Crippen molar-refractivity contribution in [1.29, 1.82) is 0 Å². The summed E-state index contributed by atoms with van der Waals surface area (Å²) in [7, 11) is 3.07.